The van der Waals surface area contributed by atoms with Crippen LogP contribution < -0.4 is 5.73 Å². The van der Waals surface area contributed by atoms with Crippen molar-refractivity contribution in [2.75, 3.05) is 5.73 Å². The van der Waals surface area contributed by atoms with Crippen molar-refractivity contribution in [3.8, 4) is 10.6 Å². The van der Waals surface area contributed by atoms with Gasteiger partial charge in [-0.2, -0.15) is 0 Å². The topological polar surface area (TPSA) is 43.3 Å². The highest BCUT2D eigenvalue weighted by Gasteiger charge is 2.14. The Labute approximate surface area is 117 Å². The largest absolute Gasteiger partial charge is 0.383 e. The molecule has 0 aliphatic heterocycles. The third kappa shape index (κ3) is 1.74. The molecular weight excluding hydrogens is 310 g/mol. The van der Waals surface area contributed by atoms with Crippen molar-refractivity contribution in [1.29, 1.82) is 0 Å². The molecule has 0 saturated heterocycles. The summed E-state index contributed by atoms with van der Waals surface area (Å²) in [5, 5.41) is 2.04. The zero-order chi connectivity index (χ0) is 12.9. The average molecular weight is 322 g/mol. The third-order valence-electron chi connectivity index (χ3n) is 2.89. The van der Waals surface area contributed by atoms with E-state index in [0.29, 0.717) is 5.82 Å². The van der Waals surface area contributed by atoms with Crippen LogP contribution >= 0.6 is 27.3 Å². The molecule has 5 heteroatoms. The fraction of sp³-hybridized carbons (Fsp3) is 0.154. The number of rotatable bonds is 1. The zero-order valence-electron chi connectivity index (χ0n) is 10.1. The highest BCUT2D eigenvalue weighted by Crippen LogP contribution is 2.34. The van der Waals surface area contributed by atoms with Crippen molar-refractivity contribution in [1.82, 2.24) is 9.38 Å². The fourth-order valence-corrected chi connectivity index (χ4v) is 3.60. The molecule has 0 atom stereocenters. The maximum atomic E-state index is 6.22. The van der Waals surface area contributed by atoms with Crippen LogP contribution in [0.3, 0.4) is 0 Å². The van der Waals surface area contributed by atoms with E-state index in [0.717, 1.165) is 26.4 Å². The van der Waals surface area contributed by atoms with Crippen molar-refractivity contribution in [3.05, 3.63) is 39.3 Å². The molecule has 0 unspecified atom stereocenters. The van der Waals surface area contributed by atoms with Gasteiger partial charge in [0.2, 0.25) is 0 Å². The summed E-state index contributed by atoms with van der Waals surface area (Å²) >= 11 is 5.10. The van der Waals surface area contributed by atoms with Crippen LogP contribution in [-0.2, 0) is 0 Å². The predicted octanol–water partition coefficient (Wildman–Crippen LogP) is 4.02. The lowest BCUT2D eigenvalue weighted by Gasteiger charge is -2.03. The summed E-state index contributed by atoms with van der Waals surface area (Å²) in [7, 11) is 0. The Balaban J connectivity index is 2.32. The van der Waals surface area contributed by atoms with Gasteiger partial charge in [-0.25, -0.2) is 4.98 Å². The molecular formula is C13H12BrN3S. The van der Waals surface area contributed by atoms with Gasteiger partial charge >= 0.3 is 0 Å². The van der Waals surface area contributed by atoms with E-state index in [4.69, 9.17) is 5.73 Å². The van der Waals surface area contributed by atoms with Crippen LogP contribution in [0.1, 0.15) is 11.3 Å². The lowest BCUT2D eigenvalue weighted by atomic mass is 10.2. The Morgan fingerprint density at radius 1 is 1.28 bits per heavy atom. The van der Waals surface area contributed by atoms with Gasteiger partial charge in [0.05, 0.1) is 4.88 Å². The predicted molar refractivity (Wildman–Crippen MR) is 80.1 cm³/mol. The molecule has 3 nitrogen and oxygen atoms in total. The molecule has 92 valence electrons. The molecule has 0 saturated carbocycles. The van der Waals surface area contributed by atoms with Crippen molar-refractivity contribution in [2.45, 2.75) is 13.8 Å². The van der Waals surface area contributed by atoms with Gasteiger partial charge in [-0.3, -0.25) is 4.40 Å². The maximum absolute atomic E-state index is 6.22. The lowest BCUT2D eigenvalue weighted by Crippen LogP contribution is -1.98. The first kappa shape index (κ1) is 11.7. The minimum absolute atomic E-state index is 0.705. The van der Waals surface area contributed by atoms with E-state index in [1.54, 1.807) is 11.3 Å². The lowest BCUT2D eigenvalue weighted by molar-refractivity contribution is 1.09. The van der Waals surface area contributed by atoms with E-state index in [1.807, 2.05) is 22.8 Å². The van der Waals surface area contributed by atoms with Gasteiger partial charge in [0.15, 0.2) is 0 Å². The van der Waals surface area contributed by atoms with Gasteiger partial charge < -0.3 is 5.73 Å². The van der Waals surface area contributed by atoms with Crippen LogP contribution in [0, 0.1) is 13.8 Å². The van der Waals surface area contributed by atoms with Crippen LogP contribution in [0.5, 0.6) is 0 Å². The summed E-state index contributed by atoms with van der Waals surface area (Å²) in [4.78, 5) is 5.73. The van der Waals surface area contributed by atoms with Crippen molar-refractivity contribution in [3.63, 3.8) is 0 Å². The van der Waals surface area contributed by atoms with Crippen LogP contribution in [0.15, 0.2) is 28.1 Å². The molecule has 0 aliphatic rings. The Kier molecular flexibility index (Phi) is 2.68. The summed E-state index contributed by atoms with van der Waals surface area (Å²) in [5.41, 5.74) is 10.3. The minimum atomic E-state index is 0.705. The number of hydrogen-bond acceptors (Lipinski definition) is 3. The number of nitrogen functional groups attached to an aromatic ring is 1. The Morgan fingerprint density at radius 2 is 2.06 bits per heavy atom. The molecule has 0 aromatic carbocycles. The first-order valence-corrected chi connectivity index (χ1v) is 7.23. The van der Waals surface area contributed by atoms with Gasteiger partial charge in [0.1, 0.15) is 17.2 Å². The highest BCUT2D eigenvalue weighted by molar-refractivity contribution is 9.10. The van der Waals surface area contributed by atoms with E-state index in [2.05, 4.69) is 40.0 Å². The average Bonchev–Trinajstić information content (AvgIpc) is 2.83. The molecule has 3 aromatic heterocycles. The Bertz CT molecular complexity index is 742. The van der Waals surface area contributed by atoms with Crippen molar-refractivity contribution < 1.29 is 0 Å². The van der Waals surface area contributed by atoms with Crippen molar-refractivity contribution >= 4 is 38.7 Å². The standard InChI is InChI=1S/C13H12BrN3S/c1-7-3-8(2)17-11(4-7)16-12(13(17)15)10-5-9(14)6-18-10/h3-6H,15H2,1-2H3. The van der Waals surface area contributed by atoms with Gasteiger partial charge in [-0.1, -0.05) is 0 Å². The third-order valence-corrected chi connectivity index (χ3v) is 4.58. The monoisotopic (exact) mass is 321 g/mol. The molecule has 0 radical (unpaired) electrons. The SMILES string of the molecule is Cc1cc(C)n2c(N)c(-c3cc(Br)cs3)nc2c1. The maximum Gasteiger partial charge on any atom is 0.139 e. The summed E-state index contributed by atoms with van der Waals surface area (Å²) in [6, 6.07) is 6.21. The second-order valence-corrected chi connectivity index (χ2v) is 6.17. The molecule has 0 bridgehead atoms. The number of aryl methyl sites for hydroxylation is 2. The number of nitrogens with zero attached hydrogens (tertiary/aromatic N) is 2. The number of aromatic nitrogens is 2. The molecule has 0 spiro atoms. The van der Waals surface area contributed by atoms with E-state index >= 15 is 0 Å². The summed E-state index contributed by atoms with van der Waals surface area (Å²) < 4.78 is 3.06. The first-order valence-electron chi connectivity index (χ1n) is 5.56. The number of imidazole rings is 1. The van der Waals surface area contributed by atoms with Crippen LogP contribution in [0.4, 0.5) is 5.82 Å². The van der Waals surface area contributed by atoms with E-state index < -0.39 is 0 Å². The van der Waals surface area contributed by atoms with E-state index in [-0.39, 0.29) is 0 Å². The first-order chi connectivity index (χ1) is 8.56. The zero-order valence-corrected chi connectivity index (χ0v) is 12.5. The van der Waals surface area contributed by atoms with Crippen LogP contribution in [0.25, 0.3) is 16.2 Å². The van der Waals surface area contributed by atoms with Gasteiger partial charge in [-0.15, -0.1) is 11.3 Å². The van der Waals surface area contributed by atoms with Crippen LogP contribution in [0.2, 0.25) is 0 Å². The van der Waals surface area contributed by atoms with E-state index in [9.17, 15) is 0 Å². The number of halogens is 1. The number of nitrogens with two attached hydrogens (primary N) is 1. The molecule has 0 aliphatic carbocycles. The van der Waals surface area contributed by atoms with Crippen LogP contribution in [-0.4, -0.2) is 9.38 Å². The molecule has 2 N–H and O–H groups in total. The fourth-order valence-electron chi connectivity index (χ4n) is 2.18. The molecule has 0 amide bonds. The molecule has 3 heterocycles. The number of thiophene rings is 1. The number of fused-ring (bicyclic) bond motifs is 1. The van der Waals surface area contributed by atoms with E-state index in [1.165, 1.54) is 5.56 Å². The van der Waals surface area contributed by atoms with Crippen molar-refractivity contribution in [2.24, 2.45) is 0 Å². The summed E-state index contributed by atoms with van der Waals surface area (Å²) in [6.07, 6.45) is 0. The molecule has 18 heavy (non-hydrogen) atoms. The van der Waals surface area contributed by atoms with Gasteiger partial charge in [-0.05, 0) is 53.5 Å². The number of anilines is 1. The van der Waals surface area contributed by atoms with Gasteiger partial charge in [0.25, 0.3) is 0 Å². The second kappa shape index (κ2) is 4.10. The van der Waals surface area contributed by atoms with Gasteiger partial charge in [0, 0.05) is 15.5 Å². The molecule has 3 aromatic rings. The normalized spacial score (nSPS) is 11.3. The quantitative estimate of drug-likeness (QED) is 0.735. The number of pyridine rings is 1. The highest BCUT2D eigenvalue weighted by atomic mass is 79.9. The molecule has 0 fully saturated rings. The molecule has 3 rings (SSSR count). The number of hydrogen-bond donors (Lipinski definition) is 1. The minimum Gasteiger partial charge on any atom is -0.383 e. The smallest absolute Gasteiger partial charge is 0.139 e. The Hall–Kier alpha value is -1.33. The second-order valence-electron chi connectivity index (χ2n) is 4.34. The summed E-state index contributed by atoms with van der Waals surface area (Å²) in [6.45, 7) is 4.12. The summed E-state index contributed by atoms with van der Waals surface area (Å²) in [5.74, 6) is 0.705. The Morgan fingerprint density at radius 3 is 2.72 bits per heavy atom.